The van der Waals surface area contributed by atoms with Crippen LogP contribution >= 0.6 is 11.6 Å². The number of aliphatic hydroxyl groups is 1. The van der Waals surface area contributed by atoms with Crippen LogP contribution in [0.5, 0.6) is 5.75 Å². The molecule has 0 spiro atoms. The van der Waals surface area contributed by atoms with E-state index in [2.05, 4.69) is 0 Å². The molecule has 0 fully saturated rings. The Morgan fingerprint density at radius 2 is 2.15 bits per heavy atom. The van der Waals surface area contributed by atoms with Gasteiger partial charge >= 0.3 is 0 Å². The summed E-state index contributed by atoms with van der Waals surface area (Å²) in [5.74, 6) is 0.0726. The zero-order valence-corrected chi connectivity index (χ0v) is 8.04. The van der Waals surface area contributed by atoms with Crippen LogP contribution in [0.2, 0.25) is 5.02 Å². The van der Waals surface area contributed by atoms with Gasteiger partial charge < -0.3 is 15.9 Å². The number of halogens is 1. The highest BCUT2D eigenvalue weighted by atomic mass is 35.5. The highest BCUT2D eigenvalue weighted by molar-refractivity contribution is 6.31. The van der Waals surface area contributed by atoms with Crippen LogP contribution in [0.4, 0.5) is 0 Å². The smallest absolute Gasteiger partial charge is 0.120 e. The van der Waals surface area contributed by atoms with Crippen molar-refractivity contribution in [1.82, 2.24) is 0 Å². The molecule has 0 aromatic heterocycles. The summed E-state index contributed by atoms with van der Waals surface area (Å²) in [6.07, 6.45) is 0. The van der Waals surface area contributed by atoms with Crippen molar-refractivity contribution in [1.29, 1.82) is 0 Å². The molecule has 0 aliphatic carbocycles. The van der Waals surface area contributed by atoms with Crippen molar-refractivity contribution in [3.8, 4) is 5.75 Å². The summed E-state index contributed by atoms with van der Waals surface area (Å²) < 4.78 is 0. The van der Waals surface area contributed by atoms with Crippen LogP contribution in [-0.2, 0) is 0 Å². The average Bonchev–Trinajstić information content (AvgIpc) is 2.10. The van der Waals surface area contributed by atoms with E-state index in [9.17, 15) is 5.11 Å². The van der Waals surface area contributed by atoms with E-state index < -0.39 is 6.04 Å². The van der Waals surface area contributed by atoms with Crippen LogP contribution in [0.1, 0.15) is 17.2 Å². The van der Waals surface area contributed by atoms with Gasteiger partial charge in [-0.05, 0) is 24.6 Å². The number of rotatable bonds is 2. The molecule has 0 unspecified atom stereocenters. The van der Waals surface area contributed by atoms with Crippen molar-refractivity contribution in [2.24, 2.45) is 5.73 Å². The Hall–Kier alpha value is -0.770. The third-order valence-electron chi connectivity index (χ3n) is 1.90. The van der Waals surface area contributed by atoms with Gasteiger partial charge in [0.05, 0.1) is 12.6 Å². The van der Waals surface area contributed by atoms with Crippen molar-refractivity contribution in [3.05, 3.63) is 28.3 Å². The second-order valence-electron chi connectivity index (χ2n) is 2.95. The fourth-order valence-electron chi connectivity index (χ4n) is 1.08. The zero-order valence-electron chi connectivity index (χ0n) is 7.29. The van der Waals surface area contributed by atoms with Crippen molar-refractivity contribution < 1.29 is 10.2 Å². The lowest BCUT2D eigenvalue weighted by Gasteiger charge is -2.12. The Labute approximate surface area is 81.8 Å². The van der Waals surface area contributed by atoms with E-state index in [1.807, 2.05) is 0 Å². The predicted molar refractivity (Wildman–Crippen MR) is 51.9 cm³/mol. The minimum atomic E-state index is -0.585. The van der Waals surface area contributed by atoms with Gasteiger partial charge in [-0.2, -0.15) is 0 Å². The molecule has 1 atom stereocenters. The molecule has 13 heavy (non-hydrogen) atoms. The second kappa shape index (κ2) is 3.96. The molecule has 0 bridgehead atoms. The summed E-state index contributed by atoms with van der Waals surface area (Å²) in [5, 5.41) is 18.8. The third kappa shape index (κ3) is 2.12. The molecule has 3 nitrogen and oxygen atoms in total. The van der Waals surface area contributed by atoms with Gasteiger partial charge in [0, 0.05) is 10.6 Å². The number of aromatic hydroxyl groups is 1. The molecule has 4 N–H and O–H groups in total. The van der Waals surface area contributed by atoms with Gasteiger partial charge in [-0.25, -0.2) is 0 Å². The molecular weight excluding hydrogens is 190 g/mol. The summed E-state index contributed by atoms with van der Waals surface area (Å²) in [6.45, 7) is 1.57. The average molecular weight is 202 g/mol. The maximum Gasteiger partial charge on any atom is 0.120 e. The van der Waals surface area contributed by atoms with Crippen molar-refractivity contribution in [2.75, 3.05) is 6.61 Å². The second-order valence-corrected chi connectivity index (χ2v) is 3.36. The lowest BCUT2D eigenvalue weighted by Crippen LogP contribution is -2.14. The summed E-state index contributed by atoms with van der Waals surface area (Å²) in [4.78, 5) is 0. The molecular formula is C9H12ClNO2. The Balaban J connectivity index is 3.15. The Morgan fingerprint density at radius 3 is 2.69 bits per heavy atom. The number of nitrogens with two attached hydrogens (primary N) is 1. The highest BCUT2D eigenvalue weighted by Crippen LogP contribution is 2.28. The summed E-state index contributed by atoms with van der Waals surface area (Å²) in [5.41, 5.74) is 6.80. The van der Waals surface area contributed by atoms with E-state index in [1.165, 1.54) is 6.07 Å². The minimum Gasteiger partial charge on any atom is -0.508 e. The van der Waals surface area contributed by atoms with Crippen molar-refractivity contribution >= 4 is 11.6 Å². The molecule has 0 amide bonds. The number of phenols is 1. The largest absolute Gasteiger partial charge is 0.508 e. The van der Waals surface area contributed by atoms with Gasteiger partial charge in [0.2, 0.25) is 0 Å². The topological polar surface area (TPSA) is 66.5 Å². The quantitative estimate of drug-likeness (QED) is 0.677. The lowest BCUT2D eigenvalue weighted by molar-refractivity contribution is 0.265. The Morgan fingerprint density at radius 1 is 1.54 bits per heavy atom. The van der Waals surface area contributed by atoms with Gasteiger partial charge in [0.25, 0.3) is 0 Å². The number of hydrogen-bond acceptors (Lipinski definition) is 3. The minimum absolute atomic E-state index is 0.0726. The fraction of sp³-hybridized carbons (Fsp3) is 0.333. The monoisotopic (exact) mass is 201 g/mol. The number of hydrogen-bond donors (Lipinski definition) is 3. The summed E-state index contributed by atoms with van der Waals surface area (Å²) >= 11 is 5.84. The van der Waals surface area contributed by atoms with Crippen LogP contribution in [0.15, 0.2) is 12.1 Å². The first-order valence-electron chi connectivity index (χ1n) is 3.91. The Kier molecular flexibility index (Phi) is 3.14. The molecule has 0 aliphatic heterocycles. The standard InChI is InChI=1S/C9H12ClNO2/c1-5-2-9(13)6(3-7(5)10)8(11)4-12/h2-3,8,12-13H,4,11H2,1H3/t8-/m0/s1. The van der Waals surface area contributed by atoms with E-state index >= 15 is 0 Å². The van der Waals surface area contributed by atoms with Gasteiger partial charge in [0.1, 0.15) is 5.75 Å². The SMILES string of the molecule is Cc1cc(O)c([C@@H](N)CO)cc1Cl. The zero-order chi connectivity index (χ0) is 10.0. The van der Waals surface area contributed by atoms with Crippen LogP contribution in [0.25, 0.3) is 0 Å². The van der Waals surface area contributed by atoms with Crippen LogP contribution < -0.4 is 5.73 Å². The molecule has 0 radical (unpaired) electrons. The molecule has 0 heterocycles. The molecule has 1 aromatic carbocycles. The number of benzene rings is 1. The molecule has 0 saturated heterocycles. The summed E-state index contributed by atoms with van der Waals surface area (Å²) in [6, 6.07) is 2.53. The molecule has 72 valence electrons. The van der Waals surface area contributed by atoms with E-state index in [0.29, 0.717) is 10.6 Å². The predicted octanol–water partition coefficient (Wildman–Crippen LogP) is 1.35. The third-order valence-corrected chi connectivity index (χ3v) is 2.31. The first kappa shape index (κ1) is 10.3. The normalized spacial score (nSPS) is 12.9. The highest BCUT2D eigenvalue weighted by Gasteiger charge is 2.11. The van der Waals surface area contributed by atoms with E-state index in [0.717, 1.165) is 5.56 Å². The number of aliphatic hydroxyl groups excluding tert-OH is 1. The van der Waals surface area contributed by atoms with Gasteiger partial charge in [-0.15, -0.1) is 0 Å². The maximum absolute atomic E-state index is 9.47. The van der Waals surface area contributed by atoms with Crippen molar-refractivity contribution in [2.45, 2.75) is 13.0 Å². The van der Waals surface area contributed by atoms with Crippen LogP contribution in [0, 0.1) is 6.92 Å². The van der Waals surface area contributed by atoms with Gasteiger partial charge in [-0.3, -0.25) is 0 Å². The fourth-order valence-corrected chi connectivity index (χ4v) is 1.25. The number of aryl methyl sites for hydroxylation is 1. The van der Waals surface area contributed by atoms with Gasteiger partial charge in [-0.1, -0.05) is 11.6 Å². The van der Waals surface area contributed by atoms with E-state index in [4.69, 9.17) is 22.4 Å². The molecule has 0 saturated carbocycles. The van der Waals surface area contributed by atoms with E-state index in [-0.39, 0.29) is 12.4 Å². The summed E-state index contributed by atoms with van der Waals surface area (Å²) in [7, 11) is 0. The van der Waals surface area contributed by atoms with Crippen LogP contribution in [-0.4, -0.2) is 16.8 Å². The number of phenolic OH excluding ortho intramolecular Hbond substituents is 1. The van der Waals surface area contributed by atoms with Gasteiger partial charge in [0.15, 0.2) is 0 Å². The maximum atomic E-state index is 9.47. The first-order valence-corrected chi connectivity index (χ1v) is 4.29. The molecule has 4 heteroatoms. The lowest BCUT2D eigenvalue weighted by atomic mass is 10.1. The molecule has 1 rings (SSSR count). The van der Waals surface area contributed by atoms with E-state index in [1.54, 1.807) is 13.0 Å². The first-order chi connectivity index (χ1) is 6.06. The molecule has 1 aromatic rings. The van der Waals surface area contributed by atoms with Crippen molar-refractivity contribution in [3.63, 3.8) is 0 Å². The Bertz CT molecular complexity index is 315. The van der Waals surface area contributed by atoms with Crippen LogP contribution in [0.3, 0.4) is 0 Å². The molecule has 0 aliphatic rings.